The molecule has 0 spiro atoms. The van der Waals surface area contributed by atoms with Crippen LogP contribution in [0.3, 0.4) is 0 Å². The van der Waals surface area contributed by atoms with Crippen LogP contribution in [0, 0.1) is 6.92 Å². The van der Waals surface area contributed by atoms with Gasteiger partial charge in [-0.1, -0.05) is 6.07 Å². The number of aryl methyl sites for hydroxylation is 1. The number of nitrogens with two attached hydrogens (primary N) is 1. The van der Waals surface area contributed by atoms with Crippen molar-refractivity contribution in [2.24, 2.45) is 0 Å². The van der Waals surface area contributed by atoms with Crippen LogP contribution < -0.4 is 11.1 Å². The highest BCUT2D eigenvalue weighted by molar-refractivity contribution is 7.85. The van der Waals surface area contributed by atoms with Gasteiger partial charge in [-0.05, 0) is 24.6 Å². The number of nitrogens with one attached hydrogen (secondary N) is 1. The number of methoxy groups -OCH3 is 1. The number of nitrogen functional groups attached to an aromatic ring is 1. The Morgan fingerprint density at radius 1 is 1.50 bits per heavy atom. The fourth-order valence-electron chi connectivity index (χ4n) is 1.38. The maximum absolute atomic E-state index is 11.6. The van der Waals surface area contributed by atoms with Gasteiger partial charge in [0.25, 0.3) is 0 Å². The molecule has 0 saturated carbocycles. The zero-order valence-corrected chi connectivity index (χ0v) is 11.4. The summed E-state index contributed by atoms with van der Waals surface area (Å²) in [5.74, 6) is 0.00394. The van der Waals surface area contributed by atoms with Crippen LogP contribution in [0.1, 0.15) is 5.56 Å². The lowest BCUT2D eigenvalue weighted by Gasteiger charge is -2.08. The average molecular weight is 270 g/mol. The Morgan fingerprint density at radius 3 is 2.83 bits per heavy atom. The number of carbonyl (C=O) groups is 1. The van der Waals surface area contributed by atoms with Gasteiger partial charge >= 0.3 is 0 Å². The molecular formula is C12H18N2O3S. The van der Waals surface area contributed by atoms with Crippen molar-refractivity contribution < 1.29 is 13.7 Å². The fraction of sp³-hybridized carbons (Fsp3) is 0.417. The number of hydrogen-bond donors (Lipinski definition) is 2. The summed E-state index contributed by atoms with van der Waals surface area (Å²) >= 11 is 0. The third-order valence-corrected chi connectivity index (χ3v) is 3.49. The van der Waals surface area contributed by atoms with E-state index < -0.39 is 10.8 Å². The molecule has 0 heterocycles. The molecule has 0 aliphatic carbocycles. The van der Waals surface area contributed by atoms with E-state index in [-0.39, 0.29) is 11.7 Å². The van der Waals surface area contributed by atoms with Crippen LogP contribution in [0.5, 0.6) is 0 Å². The van der Waals surface area contributed by atoms with Gasteiger partial charge in [0.05, 0.1) is 18.0 Å². The Morgan fingerprint density at radius 2 is 2.22 bits per heavy atom. The number of hydrogen-bond acceptors (Lipinski definition) is 4. The Kier molecular flexibility index (Phi) is 5.80. The fourth-order valence-corrected chi connectivity index (χ4v) is 2.24. The first kappa shape index (κ1) is 14.7. The van der Waals surface area contributed by atoms with Gasteiger partial charge in [-0.25, -0.2) is 0 Å². The smallest absolute Gasteiger partial charge is 0.237 e. The zero-order valence-electron chi connectivity index (χ0n) is 10.6. The summed E-state index contributed by atoms with van der Waals surface area (Å²) in [5, 5.41) is 2.65. The molecule has 1 aromatic rings. The van der Waals surface area contributed by atoms with Crippen molar-refractivity contribution in [3.63, 3.8) is 0 Å². The number of amides is 1. The minimum atomic E-state index is -1.21. The second kappa shape index (κ2) is 7.13. The van der Waals surface area contributed by atoms with E-state index in [9.17, 15) is 9.00 Å². The summed E-state index contributed by atoms with van der Waals surface area (Å²) in [7, 11) is 0.320. The summed E-state index contributed by atoms with van der Waals surface area (Å²) in [6.45, 7) is 2.30. The number of benzene rings is 1. The largest absolute Gasteiger partial charge is 0.397 e. The van der Waals surface area contributed by atoms with Crippen molar-refractivity contribution >= 4 is 28.1 Å². The second-order valence-electron chi connectivity index (χ2n) is 3.92. The Bertz CT molecular complexity index is 449. The summed E-state index contributed by atoms with van der Waals surface area (Å²) in [6, 6.07) is 5.37. The van der Waals surface area contributed by atoms with Crippen molar-refractivity contribution in [1.82, 2.24) is 0 Å². The lowest BCUT2D eigenvalue weighted by atomic mass is 10.2. The monoisotopic (exact) mass is 270 g/mol. The van der Waals surface area contributed by atoms with Crippen LogP contribution in [-0.4, -0.2) is 35.3 Å². The predicted molar refractivity (Wildman–Crippen MR) is 74.0 cm³/mol. The maximum Gasteiger partial charge on any atom is 0.237 e. The van der Waals surface area contributed by atoms with E-state index in [0.717, 1.165) is 5.56 Å². The maximum atomic E-state index is 11.6. The molecule has 3 N–H and O–H groups in total. The molecule has 1 atom stereocenters. The number of anilines is 2. The van der Waals surface area contributed by atoms with Crippen LogP contribution in [-0.2, 0) is 20.3 Å². The molecule has 100 valence electrons. The molecule has 1 rings (SSSR count). The van der Waals surface area contributed by atoms with Gasteiger partial charge in [0, 0.05) is 23.7 Å². The quantitative estimate of drug-likeness (QED) is 0.753. The summed E-state index contributed by atoms with van der Waals surface area (Å²) in [5.41, 5.74) is 7.85. The molecule has 18 heavy (non-hydrogen) atoms. The third kappa shape index (κ3) is 4.85. The van der Waals surface area contributed by atoms with Crippen molar-refractivity contribution in [2.75, 3.05) is 36.3 Å². The Balaban J connectivity index is 2.51. The Hall–Kier alpha value is -1.40. The van der Waals surface area contributed by atoms with Crippen LogP contribution in [0.15, 0.2) is 18.2 Å². The van der Waals surface area contributed by atoms with Gasteiger partial charge in [-0.15, -0.1) is 0 Å². The molecule has 0 saturated heterocycles. The van der Waals surface area contributed by atoms with Crippen molar-refractivity contribution in [2.45, 2.75) is 6.92 Å². The molecule has 6 heteroatoms. The highest BCUT2D eigenvalue weighted by Gasteiger charge is 2.09. The van der Waals surface area contributed by atoms with E-state index in [4.69, 9.17) is 10.5 Å². The van der Waals surface area contributed by atoms with Crippen molar-refractivity contribution in [3.05, 3.63) is 23.8 Å². The highest BCUT2D eigenvalue weighted by atomic mass is 32.2. The normalized spacial score (nSPS) is 12.1. The standard InChI is InChI=1S/C12H18N2O3S/c1-9-3-4-11(10(13)7-9)14-12(15)8-18(16)6-5-17-2/h3-4,7H,5-6,8,13H2,1-2H3,(H,14,15). The summed E-state index contributed by atoms with van der Waals surface area (Å²) < 4.78 is 16.3. The van der Waals surface area contributed by atoms with E-state index in [0.29, 0.717) is 23.7 Å². The molecule has 0 fully saturated rings. The van der Waals surface area contributed by atoms with Gasteiger partial charge in [0.1, 0.15) is 5.75 Å². The first-order valence-corrected chi connectivity index (χ1v) is 7.01. The van der Waals surface area contributed by atoms with Gasteiger partial charge < -0.3 is 15.8 Å². The minimum Gasteiger partial charge on any atom is -0.397 e. The average Bonchev–Trinajstić information content (AvgIpc) is 2.30. The molecule has 1 aromatic carbocycles. The van der Waals surface area contributed by atoms with E-state index in [1.165, 1.54) is 7.11 Å². The van der Waals surface area contributed by atoms with Gasteiger partial charge in [0.15, 0.2) is 0 Å². The van der Waals surface area contributed by atoms with E-state index >= 15 is 0 Å². The SMILES string of the molecule is COCCS(=O)CC(=O)Nc1ccc(C)cc1N. The van der Waals surface area contributed by atoms with Crippen LogP contribution in [0.2, 0.25) is 0 Å². The molecular weight excluding hydrogens is 252 g/mol. The molecule has 0 aromatic heterocycles. The summed E-state index contributed by atoms with van der Waals surface area (Å²) in [4.78, 5) is 11.6. The highest BCUT2D eigenvalue weighted by Crippen LogP contribution is 2.19. The Labute approximate surface area is 109 Å². The molecule has 5 nitrogen and oxygen atoms in total. The van der Waals surface area contributed by atoms with Crippen LogP contribution in [0.4, 0.5) is 11.4 Å². The second-order valence-corrected chi connectivity index (χ2v) is 5.50. The van der Waals surface area contributed by atoms with Crippen molar-refractivity contribution in [1.29, 1.82) is 0 Å². The number of ether oxygens (including phenoxy) is 1. The van der Waals surface area contributed by atoms with Gasteiger partial charge in [-0.3, -0.25) is 9.00 Å². The zero-order chi connectivity index (χ0) is 13.5. The lowest BCUT2D eigenvalue weighted by Crippen LogP contribution is -2.22. The number of carbonyl (C=O) groups excluding carboxylic acids is 1. The molecule has 0 aliphatic rings. The number of rotatable bonds is 6. The van der Waals surface area contributed by atoms with E-state index in [1.807, 2.05) is 13.0 Å². The lowest BCUT2D eigenvalue weighted by molar-refractivity contribution is -0.113. The van der Waals surface area contributed by atoms with E-state index in [2.05, 4.69) is 5.32 Å². The first-order chi connectivity index (χ1) is 8.52. The molecule has 1 unspecified atom stereocenters. The molecule has 0 radical (unpaired) electrons. The minimum absolute atomic E-state index is 0.0450. The van der Waals surface area contributed by atoms with Gasteiger partial charge in [0.2, 0.25) is 5.91 Å². The van der Waals surface area contributed by atoms with Gasteiger partial charge in [-0.2, -0.15) is 0 Å². The molecule has 0 aliphatic heterocycles. The van der Waals surface area contributed by atoms with Crippen LogP contribution >= 0.6 is 0 Å². The topological polar surface area (TPSA) is 81.4 Å². The van der Waals surface area contributed by atoms with Crippen LogP contribution in [0.25, 0.3) is 0 Å². The molecule has 1 amide bonds. The predicted octanol–water partition coefficient (Wildman–Crippen LogP) is 0.911. The first-order valence-electron chi connectivity index (χ1n) is 5.53. The van der Waals surface area contributed by atoms with Crippen molar-refractivity contribution in [3.8, 4) is 0 Å². The molecule has 0 bridgehead atoms. The summed E-state index contributed by atoms with van der Waals surface area (Å²) in [6.07, 6.45) is 0. The van der Waals surface area contributed by atoms with E-state index in [1.54, 1.807) is 12.1 Å². The third-order valence-electron chi connectivity index (χ3n) is 2.29.